The Labute approximate surface area is 219 Å². The number of ether oxygens (including phenoxy) is 1. The molecule has 3 aromatic carbocycles. The van der Waals surface area contributed by atoms with E-state index < -0.39 is 0 Å². The van der Waals surface area contributed by atoms with Crippen molar-refractivity contribution in [3.05, 3.63) is 95.3 Å². The van der Waals surface area contributed by atoms with Gasteiger partial charge in [-0.3, -0.25) is 9.69 Å². The van der Waals surface area contributed by atoms with Crippen molar-refractivity contribution in [2.24, 2.45) is 5.92 Å². The summed E-state index contributed by atoms with van der Waals surface area (Å²) in [5, 5.41) is 0. The van der Waals surface area contributed by atoms with E-state index in [9.17, 15) is 4.79 Å². The number of rotatable bonds is 7. The Morgan fingerprint density at radius 1 is 0.919 bits per heavy atom. The smallest absolute Gasteiger partial charge is 0.230 e. The fourth-order valence-corrected chi connectivity index (χ4v) is 5.30. The standard InChI is InChI=1S/C31H36FN3O2/c1-24-7-9-26(10-8-24)22-33-15-13-27(14-16-33)31(36)35(23-25-5-3-2-4-6-25)28-11-12-30(29(32)21-28)34-17-19-37-20-18-34/h2-12,21,27H,13-20,22-23H2,1H3. The monoisotopic (exact) mass is 501 g/mol. The van der Waals surface area contributed by atoms with Crippen LogP contribution in [-0.4, -0.2) is 50.2 Å². The molecule has 0 aromatic heterocycles. The number of likely N-dealkylation sites (tertiary alicyclic amines) is 1. The zero-order valence-corrected chi connectivity index (χ0v) is 21.6. The van der Waals surface area contributed by atoms with E-state index in [1.165, 1.54) is 17.2 Å². The van der Waals surface area contributed by atoms with Crippen molar-refractivity contribution in [3.8, 4) is 0 Å². The molecule has 194 valence electrons. The summed E-state index contributed by atoms with van der Waals surface area (Å²) in [6.07, 6.45) is 1.62. The minimum atomic E-state index is -0.293. The third kappa shape index (κ3) is 6.38. The maximum Gasteiger partial charge on any atom is 0.230 e. The summed E-state index contributed by atoms with van der Waals surface area (Å²) < 4.78 is 20.7. The van der Waals surface area contributed by atoms with Crippen molar-refractivity contribution in [3.63, 3.8) is 0 Å². The van der Waals surface area contributed by atoms with E-state index in [2.05, 4.69) is 36.1 Å². The maximum absolute atomic E-state index is 15.3. The highest BCUT2D eigenvalue weighted by atomic mass is 19.1. The van der Waals surface area contributed by atoms with Crippen LogP contribution in [-0.2, 0) is 22.6 Å². The lowest BCUT2D eigenvalue weighted by atomic mass is 9.94. The molecule has 5 nitrogen and oxygen atoms in total. The first-order valence-electron chi connectivity index (χ1n) is 13.3. The van der Waals surface area contributed by atoms with Crippen molar-refractivity contribution < 1.29 is 13.9 Å². The molecule has 3 aromatic rings. The highest BCUT2D eigenvalue weighted by Gasteiger charge is 2.30. The van der Waals surface area contributed by atoms with E-state index in [-0.39, 0.29) is 17.6 Å². The van der Waals surface area contributed by atoms with Crippen LogP contribution in [0.25, 0.3) is 0 Å². The molecule has 1 amide bonds. The van der Waals surface area contributed by atoms with E-state index >= 15 is 4.39 Å². The van der Waals surface area contributed by atoms with Crippen LogP contribution in [0.15, 0.2) is 72.8 Å². The van der Waals surface area contributed by atoms with Gasteiger partial charge < -0.3 is 14.5 Å². The summed E-state index contributed by atoms with van der Waals surface area (Å²) >= 11 is 0. The van der Waals surface area contributed by atoms with Crippen LogP contribution < -0.4 is 9.80 Å². The minimum Gasteiger partial charge on any atom is -0.378 e. The Kier molecular flexibility index (Phi) is 8.17. The van der Waals surface area contributed by atoms with Crippen LogP contribution in [0.2, 0.25) is 0 Å². The number of amides is 1. The van der Waals surface area contributed by atoms with Crippen LogP contribution in [0.5, 0.6) is 0 Å². The quantitative estimate of drug-likeness (QED) is 0.433. The zero-order valence-electron chi connectivity index (χ0n) is 21.6. The first-order chi connectivity index (χ1) is 18.1. The first-order valence-corrected chi connectivity index (χ1v) is 13.3. The molecular weight excluding hydrogens is 465 g/mol. The summed E-state index contributed by atoms with van der Waals surface area (Å²) in [5.74, 6) is -0.282. The number of anilines is 2. The zero-order chi connectivity index (χ0) is 25.6. The number of nitrogens with zero attached hydrogens (tertiary/aromatic N) is 3. The minimum absolute atomic E-state index is 0.0695. The maximum atomic E-state index is 15.3. The Morgan fingerprint density at radius 3 is 2.30 bits per heavy atom. The Hall–Kier alpha value is -3.22. The summed E-state index contributed by atoms with van der Waals surface area (Å²) in [5.41, 5.74) is 4.79. The molecule has 0 radical (unpaired) electrons. The second-order valence-electron chi connectivity index (χ2n) is 10.2. The van der Waals surface area contributed by atoms with Gasteiger partial charge in [0.05, 0.1) is 25.4 Å². The molecule has 2 saturated heterocycles. The van der Waals surface area contributed by atoms with Gasteiger partial charge in [0.25, 0.3) is 0 Å². The van der Waals surface area contributed by atoms with Gasteiger partial charge >= 0.3 is 0 Å². The third-order valence-corrected chi connectivity index (χ3v) is 7.51. The summed E-state index contributed by atoms with van der Waals surface area (Å²) in [6, 6.07) is 23.8. The summed E-state index contributed by atoms with van der Waals surface area (Å²) in [7, 11) is 0. The van der Waals surface area contributed by atoms with Crippen LogP contribution in [0.4, 0.5) is 15.8 Å². The molecule has 2 aliphatic rings. The molecule has 0 atom stereocenters. The molecule has 5 rings (SSSR count). The molecule has 0 spiro atoms. The van der Waals surface area contributed by atoms with Gasteiger partial charge in [-0.15, -0.1) is 0 Å². The number of hydrogen-bond acceptors (Lipinski definition) is 4. The van der Waals surface area contributed by atoms with Crippen molar-refractivity contribution in [1.29, 1.82) is 0 Å². The normalized spacial score (nSPS) is 17.1. The van der Waals surface area contributed by atoms with Crippen molar-refractivity contribution in [1.82, 2.24) is 4.90 Å². The fourth-order valence-electron chi connectivity index (χ4n) is 5.30. The number of carbonyl (C=O) groups excluding carboxylic acids is 1. The van der Waals surface area contributed by atoms with E-state index in [0.29, 0.717) is 44.2 Å². The molecule has 0 saturated carbocycles. The predicted molar refractivity (Wildman–Crippen MR) is 146 cm³/mol. The lowest BCUT2D eigenvalue weighted by molar-refractivity contribution is -0.124. The number of piperidine rings is 1. The van der Waals surface area contributed by atoms with E-state index in [1.54, 1.807) is 4.90 Å². The fraction of sp³-hybridized carbons (Fsp3) is 0.387. The molecule has 6 heteroatoms. The Balaban J connectivity index is 1.30. The molecule has 37 heavy (non-hydrogen) atoms. The van der Waals surface area contributed by atoms with Crippen LogP contribution >= 0.6 is 0 Å². The van der Waals surface area contributed by atoms with Crippen LogP contribution in [0.3, 0.4) is 0 Å². The van der Waals surface area contributed by atoms with E-state index in [4.69, 9.17) is 4.74 Å². The topological polar surface area (TPSA) is 36.0 Å². The SMILES string of the molecule is Cc1ccc(CN2CCC(C(=O)N(Cc3ccccc3)c3ccc(N4CCOCC4)c(F)c3)CC2)cc1. The lowest BCUT2D eigenvalue weighted by Gasteiger charge is -2.35. The lowest BCUT2D eigenvalue weighted by Crippen LogP contribution is -2.42. The molecule has 2 fully saturated rings. The van der Waals surface area contributed by atoms with Crippen molar-refractivity contribution in [2.45, 2.75) is 32.9 Å². The number of hydrogen-bond donors (Lipinski definition) is 0. The van der Waals surface area contributed by atoms with E-state index in [1.807, 2.05) is 47.4 Å². The first kappa shape index (κ1) is 25.4. The van der Waals surface area contributed by atoms with Gasteiger partial charge in [0.15, 0.2) is 0 Å². The van der Waals surface area contributed by atoms with Crippen molar-refractivity contribution >= 4 is 17.3 Å². The van der Waals surface area contributed by atoms with Gasteiger partial charge in [0.2, 0.25) is 5.91 Å². The second kappa shape index (κ2) is 11.9. The highest BCUT2D eigenvalue weighted by Crippen LogP contribution is 2.30. The largest absolute Gasteiger partial charge is 0.378 e. The molecule has 0 N–H and O–H groups in total. The van der Waals surface area contributed by atoms with Gasteiger partial charge in [-0.25, -0.2) is 4.39 Å². The average Bonchev–Trinajstić information content (AvgIpc) is 2.94. The summed E-state index contributed by atoms with van der Waals surface area (Å²) in [6.45, 7) is 7.74. The number of aryl methyl sites for hydroxylation is 1. The molecule has 0 unspecified atom stereocenters. The Morgan fingerprint density at radius 2 is 1.62 bits per heavy atom. The predicted octanol–water partition coefficient (Wildman–Crippen LogP) is 5.42. The van der Waals surface area contributed by atoms with Gasteiger partial charge in [-0.1, -0.05) is 60.2 Å². The van der Waals surface area contributed by atoms with Gasteiger partial charge in [-0.2, -0.15) is 0 Å². The van der Waals surface area contributed by atoms with Gasteiger partial charge in [0, 0.05) is 31.2 Å². The van der Waals surface area contributed by atoms with Crippen molar-refractivity contribution in [2.75, 3.05) is 49.2 Å². The average molecular weight is 502 g/mol. The number of halogens is 1. The molecule has 0 aliphatic carbocycles. The summed E-state index contributed by atoms with van der Waals surface area (Å²) in [4.78, 5) is 20.1. The van der Waals surface area contributed by atoms with Crippen LogP contribution in [0, 0.1) is 18.7 Å². The second-order valence-corrected chi connectivity index (χ2v) is 10.2. The highest BCUT2D eigenvalue weighted by molar-refractivity contribution is 5.95. The number of morpholine rings is 1. The molecule has 0 bridgehead atoms. The van der Waals surface area contributed by atoms with E-state index in [0.717, 1.165) is 38.0 Å². The number of benzene rings is 3. The number of carbonyl (C=O) groups is 1. The van der Waals surface area contributed by atoms with Gasteiger partial charge in [0.1, 0.15) is 5.82 Å². The third-order valence-electron chi connectivity index (χ3n) is 7.51. The molecule has 2 heterocycles. The van der Waals surface area contributed by atoms with Gasteiger partial charge in [-0.05, 0) is 62.2 Å². The van der Waals surface area contributed by atoms with Crippen LogP contribution in [0.1, 0.15) is 29.5 Å². The molecule has 2 aliphatic heterocycles. The Bertz CT molecular complexity index is 1170. The molecular formula is C31H36FN3O2.